The van der Waals surface area contributed by atoms with Crippen molar-refractivity contribution in [3.63, 3.8) is 0 Å². The van der Waals surface area contributed by atoms with Crippen molar-refractivity contribution < 1.29 is 13.7 Å². The summed E-state index contributed by atoms with van der Waals surface area (Å²) in [5, 5.41) is 4.63. The van der Waals surface area contributed by atoms with E-state index < -0.39 is 0 Å². The molecule has 0 fully saturated rings. The van der Waals surface area contributed by atoms with Crippen LogP contribution < -0.4 is 0 Å². The zero-order valence-corrected chi connectivity index (χ0v) is 8.21. The number of aromatic nitrogens is 1. The highest BCUT2D eigenvalue weighted by Crippen LogP contribution is 2.25. The smallest absolute Gasteiger partial charge is 0.185 e. The molecule has 4 heteroatoms. The molecule has 0 aliphatic heterocycles. The standard InChI is InChI=1S/C12H7NO3/c14-7-10-3-4-11(15-10)8-1-2-9-6-13-16-12(9)5-8/h1-7H. The molecule has 0 amide bonds. The number of rotatable bonds is 2. The topological polar surface area (TPSA) is 56.2 Å². The second-order valence-corrected chi connectivity index (χ2v) is 3.40. The average molecular weight is 213 g/mol. The van der Waals surface area contributed by atoms with E-state index in [0.29, 0.717) is 23.4 Å². The third-order valence-electron chi connectivity index (χ3n) is 2.38. The van der Waals surface area contributed by atoms with E-state index in [1.165, 1.54) is 0 Å². The van der Waals surface area contributed by atoms with E-state index in [1.807, 2.05) is 18.2 Å². The summed E-state index contributed by atoms with van der Waals surface area (Å²) < 4.78 is 10.4. The van der Waals surface area contributed by atoms with Gasteiger partial charge in [-0.2, -0.15) is 0 Å². The molecule has 0 atom stereocenters. The lowest BCUT2D eigenvalue weighted by molar-refractivity contribution is 0.110. The Morgan fingerprint density at radius 2 is 2.12 bits per heavy atom. The zero-order chi connectivity index (χ0) is 11.0. The minimum Gasteiger partial charge on any atom is -0.453 e. The Hall–Kier alpha value is -2.36. The van der Waals surface area contributed by atoms with Crippen LogP contribution in [0.5, 0.6) is 0 Å². The van der Waals surface area contributed by atoms with Gasteiger partial charge < -0.3 is 8.94 Å². The van der Waals surface area contributed by atoms with E-state index in [0.717, 1.165) is 10.9 Å². The molecule has 3 aromatic rings. The third kappa shape index (κ3) is 1.32. The lowest BCUT2D eigenvalue weighted by Gasteiger charge is -1.95. The predicted octanol–water partition coefficient (Wildman–Crippen LogP) is 2.90. The first-order valence-electron chi connectivity index (χ1n) is 4.76. The van der Waals surface area contributed by atoms with Crippen LogP contribution in [0.1, 0.15) is 10.6 Å². The number of fused-ring (bicyclic) bond motifs is 1. The fraction of sp³-hybridized carbons (Fsp3) is 0. The van der Waals surface area contributed by atoms with Crippen molar-refractivity contribution in [1.82, 2.24) is 5.16 Å². The highest BCUT2D eigenvalue weighted by atomic mass is 16.5. The van der Waals surface area contributed by atoms with Gasteiger partial charge in [0.05, 0.1) is 6.20 Å². The van der Waals surface area contributed by atoms with Gasteiger partial charge in [-0.15, -0.1) is 0 Å². The molecular weight excluding hydrogens is 206 g/mol. The predicted molar refractivity (Wildman–Crippen MR) is 57.1 cm³/mol. The molecule has 0 aliphatic carbocycles. The molecule has 0 unspecified atom stereocenters. The molecule has 4 nitrogen and oxygen atoms in total. The molecule has 0 radical (unpaired) electrons. The van der Waals surface area contributed by atoms with Crippen LogP contribution in [0, 0.1) is 0 Å². The molecule has 1 aromatic carbocycles. The lowest BCUT2D eigenvalue weighted by atomic mass is 10.1. The van der Waals surface area contributed by atoms with E-state index in [2.05, 4.69) is 5.16 Å². The zero-order valence-electron chi connectivity index (χ0n) is 8.21. The van der Waals surface area contributed by atoms with Crippen LogP contribution in [0.15, 0.2) is 45.5 Å². The minimum atomic E-state index is 0.313. The van der Waals surface area contributed by atoms with Gasteiger partial charge in [-0.1, -0.05) is 11.2 Å². The lowest BCUT2D eigenvalue weighted by Crippen LogP contribution is -1.73. The number of carbonyl (C=O) groups is 1. The Morgan fingerprint density at radius 3 is 2.94 bits per heavy atom. The van der Waals surface area contributed by atoms with Crippen molar-refractivity contribution in [3.8, 4) is 11.3 Å². The van der Waals surface area contributed by atoms with Crippen LogP contribution >= 0.6 is 0 Å². The molecule has 16 heavy (non-hydrogen) atoms. The van der Waals surface area contributed by atoms with Gasteiger partial charge in [0, 0.05) is 10.9 Å². The van der Waals surface area contributed by atoms with Crippen LogP contribution in [-0.4, -0.2) is 11.4 Å². The second-order valence-electron chi connectivity index (χ2n) is 3.40. The number of benzene rings is 1. The van der Waals surface area contributed by atoms with Crippen molar-refractivity contribution in [2.75, 3.05) is 0 Å². The quantitative estimate of drug-likeness (QED) is 0.614. The normalized spacial score (nSPS) is 10.8. The van der Waals surface area contributed by atoms with Gasteiger partial charge in [0.15, 0.2) is 17.6 Å². The van der Waals surface area contributed by atoms with Crippen molar-refractivity contribution in [2.45, 2.75) is 0 Å². The maximum absolute atomic E-state index is 10.5. The molecule has 0 N–H and O–H groups in total. The number of aldehydes is 1. The fourth-order valence-electron chi connectivity index (χ4n) is 1.58. The number of furan rings is 1. The molecular formula is C12H7NO3. The first-order valence-corrected chi connectivity index (χ1v) is 4.76. The largest absolute Gasteiger partial charge is 0.453 e. The van der Waals surface area contributed by atoms with Gasteiger partial charge in [-0.25, -0.2) is 0 Å². The SMILES string of the molecule is O=Cc1ccc(-c2ccc3cnoc3c2)o1. The van der Waals surface area contributed by atoms with Gasteiger partial charge in [-0.3, -0.25) is 4.79 Å². The summed E-state index contributed by atoms with van der Waals surface area (Å²) in [6, 6.07) is 9.00. The summed E-state index contributed by atoms with van der Waals surface area (Å²) in [6.45, 7) is 0. The Morgan fingerprint density at radius 1 is 1.19 bits per heavy atom. The van der Waals surface area contributed by atoms with Crippen molar-refractivity contribution in [2.24, 2.45) is 0 Å². The Balaban J connectivity index is 2.13. The summed E-state index contributed by atoms with van der Waals surface area (Å²) in [7, 11) is 0. The van der Waals surface area contributed by atoms with Gasteiger partial charge in [0.25, 0.3) is 0 Å². The molecule has 3 rings (SSSR count). The highest BCUT2D eigenvalue weighted by Gasteiger charge is 2.06. The second kappa shape index (κ2) is 3.34. The Labute approximate surface area is 90.5 Å². The van der Waals surface area contributed by atoms with Crippen LogP contribution in [0.3, 0.4) is 0 Å². The average Bonchev–Trinajstić information content (AvgIpc) is 2.96. The van der Waals surface area contributed by atoms with E-state index in [4.69, 9.17) is 8.94 Å². The van der Waals surface area contributed by atoms with E-state index in [-0.39, 0.29) is 0 Å². The monoisotopic (exact) mass is 213 g/mol. The maximum atomic E-state index is 10.5. The number of hydrogen-bond donors (Lipinski definition) is 0. The summed E-state index contributed by atoms with van der Waals surface area (Å²) in [6.07, 6.45) is 2.33. The van der Waals surface area contributed by atoms with Crippen molar-refractivity contribution in [3.05, 3.63) is 42.3 Å². The molecule has 0 saturated carbocycles. The van der Waals surface area contributed by atoms with Gasteiger partial charge in [0.1, 0.15) is 5.76 Å². The molecule has 2 heterocycles. The molecule has 2 aromatic heterocycles. The first kappa shape index (κ1) is 8.91. The van der Waals surface area contributed by atoms with Crippen LogP contribution in [0.25, 0.3) is 22.3 Å². The molecule has 0 aliphatic rings. The van der Waals surface area contributed by atoms with Gasteiger partial charge in [-0.05, 0) is 24.3 Å². The van der Waals surface area contributed by atoms with Crippen molar-refractivity contribution in [1.29, 1.82) is 0 Å². The van der Waals surface area contributed by atoms with Crippen LogP contribution in [0.4, 0.5) is 0 Å². The number of carbonyl (C=O) groups excluding carboxylic acids is 1. The first-order chi connectivity index (χ1) is 7.86. The molecule has 0 saturated heterocycles. The molecule has 0 spiro atoms. The Bertz CT molecular complexity index is 651. The van der Waals surface area contributed by atoms with Gasteiger partial charge in [0.2, 0.25) is 0 Å². The molecule has 0 bridgehead atoms. The highest BCUT2D eigenvalue weighted by molar-refractivity contribution is 5.81. The van der Waals surface area contributed by atoms with E-state index in [1.54, 1.807) is 18.3 Å². The van der Waals surface area contributed by atoms with Crippen LogP contribution in [0.2, 0.25) is 0 Å². The Kier molecular flexibility index (Phi) is 1.86. The van der Waals surface area contributed by atoms with Crippen LogP contribution in [-0.2, 0) is 0 Å². The summed E-state index contributed by atoms with van der Waals surface area (Å²) in [4.78, 5) is 10.5. The third-order valence-corrected chi connectivity index (χ3v) is 2.38. The fourth-order valence-corrected chi connectivity index (χ4v) is 1.58. The number of nitrogens with zero attached hydrogens (tertiary/aromatic N) is 1. The van der Waals surface area contributed by atoms with E-state index >= 15 is 0 Å². The molecule has 78 valence electrons. The number of hydrogen-bond acceptors (Lipinski definition) is 4. The summed E-state index contributed by atoms with van der Waals surface area (Å²) in [5.41, 5.74) is 1.55. The summed E-state index contributed by atoms with van der Waals surface area (Å²) in [5.74, 6) is 0.952. The van der Waals surface area contributed by atoms with Crippen molar-refractivity contribution >= 4 is 17.3 Å². The minimum absolute atomic E-state index is 0.313. The maximum Gasteiger partial charge on any atom is 0.185 e. The van der Waals surface area contributed by atoms with E-state index in [9.17, 15) is 4.79 Å². The summed E-state index contributed by atoms with van der Waals surface area (Å²) >= 11 is 0. The van der Waals surface area contributed by atoms with Gasteiger partial charge >= 0.3 is 0 Å².